The maximum atomic E-state index is 11.6. The Hall–Kier alpha value is -2.73. The zero-order chi connectivity index (χ0) is 15.7. The number of phenolic OH excluding ortho intramolecular Hbond substituents is 1. The van der Waals surface area contributed by atoms with Crippen molar-refractivity contribution in [1.29, 1.82) is 0 Å². The van der Waals surface area contributed by atoms with Crippen LogP contribution in [0.2, 0.25) is 0 Å². The smallest absolute Gasteiger partial charge is 0.290 e. The van der Waals surface area contributed by atoms with E-state index in [2.05, 4.69) is 5.32 Å². The summed E-state index contributed by atoms with van der Waals surface area (Å²) >= 11 is 0.868. The van der Waals surface area contributed by atoms with E-state index in [1.165, 1.54) is 0 Å². The summed E-state index contributed by atoms with van der Waals surface area (Å²) in [6.07, 6.45) is 1.64. The number of phenols is 1. The number of para-hydroxylation sites is 1. The van der Waals surface area contributed by atoms with E-state index in [1.807, 2.05) is 24.3 Å². The summed E-state index contributed by atoms with van der Waals surface area (Å²) in [4.78, 5) is 23.1. The Labute approximate surface area is 130 Å². The Kier molecular flexibility index (Phi) is 3.60. The van der Waals surface area contributed by atoms with Gasteiger partial charge in [0.15, 0.2) is 0 Å². The number of rotatable bonds is 2. The number of hydrogen-bond donors (Lipinski definition) is 3. The van der Waals surface area contributed by atoms with Crippen molar-refractivity contribution in [3.63, 3.8) is 0 Å². The molecule has 2 aromatic carbocycles. The van der Waals surface area contributed by atoms with E-state index in [0.29, 0.717) is 16.2 Å². The second-order valence-corrected chi connectivity index (χ2v) is 5.74. The van der Waals surface area contributed by atoms with Crippen molar-refractivity contribution < 1.29 is 14.7 Å². The first-order chi connectivity index (χ1) is 10.5. The fourth-order valence-corrected chi connectivity index (χ4v) is 2.84. The van der Waals surface area contributed by atoms with E-state index in [4.69, 9.17) is 5.73 Å². The van der Waals surface area contributed by atoms with Crippen LogP contribution in [0, 0.1) is 0 Å². The van der Waals surface area contributed by atoms with Crippen molar-refractivity contribution in [2.75, 3.05) is 5.73 Å². The van der Waals surface area contributed by atoms with Crippen LogP contribution in [-0.4, -0.2) is 16.3 Å². The van der Waals surface area contributed by atoms with Gasteiger partial charge in [0.1, 0.15) is 5.75 Å². The molecule has 1 saturated heterocycles. The lowest BCUT2D eigenvalue weighted by Gasteiger charge is -2.08. The molecule has 1 fully saturated rings. The molecule has 2 amide bonds. The molecule has 2 aromatic rings. The molecule has 0 spiro atoms. The van der Waals surface area contributed by atoms with Crippen molar-refractivity contribution in [2.45, 2.75) is 0 Å². The van der Waals surface area contributed by atoms with E-state index >= 15 is 0 Å². The summed E-state index contributed by atoms with van der Waals surface area (Å²) in [7, 11) is 0. The van der Waals surface area contributed by atoms with Gasteiger partial charge >= 0.3 is 0 Å². The van der Waals surface area contributed by atoms with Gasteiger partial charge in [-0.2, -0.15) is 0 Å². The summed E-state index contributed by atoms with van der Waals surface area (Å²) in [6, 6.07) is 12.4. The molecule has 1 aliphatic rings. The number of thioether (sulfide) groups is 1. The van der Waals surface area contributed by atoms with Gasteiger partial charge in [0.05, 0.1) is 10.6 Å². The highest BCUT2D eigenvalue weighted by Crippen LogP contribution is 2.34. The molecule has 0 radical (unpaired) electrons. The monoisotopic (exact) mass is 312 g/mol. The summed E-state index contributed by atoms with van der Waals surface area (Å²) < 4.78 is 0. The number of carbonyl (C=O) groups excluding carboxylic acids is 2. The Balaban J connectivity index is 2.00. The fourth-order valence-electron chi connectivity index (χ4n) is 2.16. The summed E-state index contributed by atoms with van der Waals surface area (Å²) in [5.74, 6) is -0.373. The van der Waals surface area contributed by atoms with Gasteiger partial charge in [-0.25, -0.2) is 0 Å². The quantitative estimate of drug-likeness (QED) is 0.450. The van der Waals surface area contributed by atoms with E-state index in [1.54, 1.807) is 24.3 Å². The van der Waals surface area contributed by atoms with Crippen LogP contribution in [0.25, 0.3) is 17.2 Å². The number of hydrogen-bond acceptors (Lipinski definition) is 5. The minimum Gasteiger partial charge on any atom is -0.505 e. The molecule has 0 unspecified atom stereocenters. The molecule has 1 aliphatic heterocycles. The van der Waals surface area contributed by atoms with E-state index < -0.39 is 5.91 Å². The normalized spacial score (nSPS) is 16.1. The second kappa shape index (κ2) is 5.57. The molecule has 0 atom stereocenters. The highest BCUT2D eigenvalue weighted by atomic mass is 32.2. The van der Waals surface area contributed by atoms with Crippen molar-refractivity contribution in [3.05, 3.63) is 52.9 Å². The lowest BCUT2D eigenvalue weighted by Crippen LogP contribution is -2.17. The first-order valence-corrected chi connectivity index (χ1v) is 7.29. The summed E-state index contributed by atoms with van der Waals surface area (Å²) in [5, 5.41) is 11.9. The van der Waals surface area contributed by atoms with Crippen LogP contribution in [0.4, 0.5) is 10.5 Å². The molecule has 0 aliphatic carbocycles. The lowest BCUT2D eigenvalue weighted by molar-refractivity contribution is -0.115. The van der Waals surface area contributed by atoms with Crippen molar-refractivity contribution in [2.24, 2.45) is 0 Å². The van der Waals surface area contributed by atoms with Crippen LogP contribution in [-0.2, 0) is 4.79 Å². The number of carbonyl (C=O) groups is 2. The first-order valence-electron chi connectivity index (χ1n) is 6.47. The first kappa shape index (κ1) is 14.2. The van der Waals surface area contributed by atoms with Gasteiger partial charge in [-0.15, -0.1) is 0 Å². The zero-order valence-electron chi connectivity index (χ0n) is 11.4. The average molecular weight is 312 g/mol. The number of imide groups is 1. The lowest BCUT2D eigenvalue weighted by atomic mass is 10.0. The zero-order valence-corrected chi connectivity index (χ0v) is 12.2. The number of amides is 2. The third kappa shape index (κ3) is 2.68. The van der Waals surface area contributed by atoms with Gasteiger partial charge in [0, 0.05) is 5.56 Å². The second-order valence-electron chi connectivity index (χ2n) is 4.72. The third-order valence-electron chi connectivity index (χ3n) is 3.20. The molecule has 6 heteroatoms. The molecule has 4 N–H and O–H groups in total. The summed E-state index contributed by atoms with van der Waals surface area (Å²) in [6.45, 7) is 0. The Morgan fingerprint density at radius 3 is 2.64 bits per heavy atom. The molecule has 22 heavy (non-hydrogen) atoms. The SMILES string of the molecule is Nc1cccc(-c2cccc(/C=C3/SC(=O)NC3=O)c2)c1O. The molecule has 0 saturated carbocycles. The predicted octanol–water partition coefficient (Wildman–Crippen LogP) is 2.97. The van der Waals surface area contributed by atoms with Gasteiger partial charge in [-0.05, 0) is 41.1 Å². The average Bonchev–Trinajstić information content (AvgIpc) is 2.80. The Bertz CT molecular complexity index is 815. The van der Waals surface area contributed by atoms with Crippen LogP contribution in [0.15, 0.2) is 47.4 Å². The number of anilines is 1. The minimum absolute atomic E-state index is 0.0236. The predicted molar refractivity (Wildman–Crippen MR) is 87.1 cm³/mol. The molecule has 5 nitrogen and oxygen atoms in total. The molecule has 1 heterocycles. The summed E-state index contributed by atoms with van der Waals surface area (Å²) in [5.41, 5.74) is 8.15. The number of aromatic hydroxyl groups is 1. The highest BCUT2D eigenvalue weighted by Gasteiger charge is 2.24. The molecular formula is C16H12N2O3S. The molecular weight excluding hydrogens is 300 g/mol. The topological polar surface area (TPSA) is 92.4 Å². The van der Waals surface area contributed by atoms with Gasteiger partial charge in [0.25, 0.3) is 11.1 Å². The van der Waals surface area contributed by atoms with E-state index in [-0.39, 0.29) is 11.0 Å². The van der Waals surface area contributed by atoms with Crippen LogP contribution >= 0.6 is 11.8 Å². The van der Waals surface area contributed by atoms with E-state index in [9.17, 15) is 14.7 Å². The van der Waals surface area contributed by atoms with Gasteiger partial charge in [0.2, 0.25) is 0 Å². The van der Waals surface area contributed by atoms with Gasteiger partial charge in [-0.1, -0.05) is 30.3 Å². The number of nitrogens with one attached hydrogen (secondary N) is 1. The fraction of sp³-hybridized carbons (Fsp3) is 0. The van der Waals surface area contributed by atoms with Crippen molar-refractivity contribution >= 4 is 34.7 Å². The van der Waals surface area contributed by atoms with Gasteiger partial charge in [-0.3, -0.25) is 14.9 Å². The highest BCUT2D eigenvalue weighted by molar-refractivity contribution is 8.18. The maximum absolute atomic E-state index is 11.6. The standard InChI is InChI=1S/C16H12N2O3S/c17-12-6-2-5-11(14(12)19)10-4-1-3-9(7-10)8-13-15(20)18-16(21)22-13/h1-8,19H,17H2,(H,18,20,21)/b13-8+. The third-order valence-corrected chi connectivity index (χ3v) is 4.02. The Morgan fingerprint density at radius 1 is 1.14 bits per heavy atom. The minimum atomic E-state index is -0.396. The van der Waals surface area contributed by atoms with Crippen LogP contribution in [0.3, 0.4) is 0 Å². The van der Waals surface area contributed by atoms with Crippen LogP contribution in [0.5, 0.6) is 5.75 Å². The van der Waals surface area contributed by atoms with Crippen LogP contribution < -0.4 is 11.1 Å². The number of nitrogens with two attached hydrogens (primary N) is 1. The van der Waals surface area contributed by atoms with Gasteiger partial charge < -0.3 is 10.8 Å². The molecule has 0 aromatic heterocycles. The van der Waals surface area contributed by atoms with Crippen molar-refractivity contribution in [1.82, 2.24) is 5.32 Å². The molecule has 110 valence electrons. The maximum Gasteiger partial charge on any atom is 0.290 e. The Morgan fingerprint density at radius 2 is 1.91 bits per heavy atom. The largest absolute Gasteiger partial charge is 0.505 e. The number of nitrogen functional groups attached to an aromatic ring is 1. The van der Waals surface area contributed by atoms with Crippen LogP contribution in [0.1, 0.15) is 5.56 Å². The molecule has 3 rings (SSSR count). The number of benzene rings is 2. The molecule has 0 bridgehead atoms. The van der Waals surface area contributed by atoms with Crippen molar-refractivity contribution in [3.8, 4) is 16.9 Å². The van der Waals surface area contributed by atoms with E-state index in [0.717, 1.165) is 22.9 Å².